The van der Waals surface area contributed by atoms with Gasteiger partial charge in [0.05, 0.1) is 6.54 Å². The minimum Gasteiger partial charge on any atom is -0.492 e. The fourth-order valence-corrected chi connectivity index (χ4v) is 8.05. The van der Waals surface area contributed by atoms with Crippen LogP contribution in [0.5, 0.6) is 11.5 Å². The summed E-state index contributed by atoms with van der Waals surface area (Å²) in [5, 5.41) is 24.9. The van der Waals surface area contributed by atoms with Crippen molar-refractivity contribution in [1.29, 1.82) is 0 Å². The van der Waals surface area contributed by atoms with E-state index < -0.39 is 53.7 Å². The van der Waals surface area contributed by atoms with Crippen LogP contribution in [0.2, 0.25) is 0 Å². The average Bonchev–Trinajstić information content (AvgIpc) is 3.89. The summed E-state index contributed by atoms with van der Waals surface area (Å²) in [6, 6.07) is 21.2. The highest BCUT2D eigenvalue weighted by atomic mass is 16.5. The summed E-state index contributed by atoms with van der Waals surface area (Å²) in [5.41, 5.74) is 23.2. The van der Waals surface area contributed by atoms with E-state index in [9.17, 15) is 24.0 Å². The zero-order chi connectivity index (χ0) is 49.3. The summed E-state index contributed by atoms with van der Waals surface area (Å²) < 4.78 is 12.3. The number of hydrogen-bond donors (Lipinski definition) is 8. The number of unbranched alkanes of at least 4 members (excludes halogenated alkanes) is 2. The van der Waals surface area contributed by atoms with Crippen molar-refractivity contribution in [3.63, 3.8) is 0 Å². The zero-order valence-corrected chi connectivity index (χ0v) is 39.5. The molecule has 5 amide bonds. The number of fused-ring (bicyclic) bond motifs is 5. The summed E-state index contributed by atoms with van der Waals surface area (Å²) in [6.07, 6.45) is 4.61. The first-order valence-corrected chi connectivity index (χ1v) is 23.4. The van der Waals surface area contributed by atoms with Crippen molar-refractivity contribution in [2.45, 2.75) is 89.5 Å². The number of carbonyl (C=O) groups excluding carboxylic acids is 5. The summed E-state index contributed by atoms with van der Waals surface area (Å²) >= 11 is 0. The van der Waals surface area contributed by atoms with Crippen LogP contribution in [-0.4, -0.2) is 113 Å². The molecule has 69 heavy (non-hydrogen) atoms. The molecular weight excluding hydrogens is 881 g/mol. The number of tetrazole rings is 1. The van der Waals surface area contributed by atoms with E-state index in [1.54, 1.807) is 42.5 Å². The molecule has 366 valence electrons. The van der Waals surface area contributed by atoms with Crippen molar-refractivity contribution in [3.05, 3.63) is 113 Å². The molecule has 0 fully saturated rings. The van der Waals surface area contributed by atoms with E-state index in [0.717, 1.165) is 30.4 Å². The molecule has 2 heterocycles. The molecule has 0 saturated carbocycles. The van der Waals surface area contributed by atoms with Gasteiger partial charge in [0, 0.05) is 43.2 Å². The largest absolute Gasteiger partial charge is 0.492 e. The number of nitrogens with two attached hydrogens (primary N) is 3. The second-order valence-electron chi connectivity index (χ2n) is 16.9. The van der Waals surface area contributed by atoms with Crippen LogP contribution in [0.1, 0.15) is 84.9 Å². The Labute approximate surface area is 402 Å². The molecule has 0 aliphatic carbocycles. The lowest BCUT2D eigenvalue weighted by Crippen LogP contribution is -2.55. The Morgan fingerprint density at radius 3 is 2.12 bits per heavy atom. The number of hydrogen-bond acceptors (Lipinski definition) is 13. The van der Waals surface area contributed by atoms with Gasteiger partial charge >= 0.3 is 0 Å². The number of carbonyl (C=O) groups is 5. The topological polar surface area (TPSA) is 288 Å². The van der Waals surface area contributed by atoms with Crippen molar-refractivity contribution in [1.82, 2.24) is 46.8 Å². The standard InChI is InChI=1S/C50H64N12O7/c1-4-5-8-32-10-13-34(14-11-32)35-15-17-36(18-16-35)47(64)56-40(9-6-7-22-51)50(67)62(3)45-37-19-21-43(69-26-24-53)39(29-37)38-27-33(12-20-42(38)68-25-23-52)28-41(57-46(63)31(2)55-49(45)66)48(65)54-30-44-58-60-61-59-44/h10-21,27,29,31,40-41,45H,4-9,22-26,28,30,51-53H2,1-3H3,(H,54,65)(H,55,66)(H,56,64)(H,57,63)(H,58,59,60,61). The number of ether oxygens (including phenoxy) is 2. The lowest BCUT2D eigenvalue weighted by atomic mass is 9.93. The molecule has 6 rings (SSSR count). The van der Waals surface area contributed by atoms with Gasteiger partial charge in [-0.15, -0.1) is 10.2 Å². The fraction of sp³-hybridized carbons (Fsp3) is 0.400. The fourth-order valence-electron chi connectivity index (χ4n) is 8.05. The molecule has 4 unspecified atom stereocenters. The lowest BCUT2D eigenvalue weighted by Gasteiger charge is -2.33. The number of benzene rings is 4. The van der Waals surface area contributed by atoms with Gasteiger partial charge in [0.2, 0.25) is 23.6 Å². The number of H-pyrrole nitrogens is 1. The molecule has 1 aromatic heterocycles. The summed E-state index contributed by atoms with van der Waals surface area (Å²) in [7, 11) is 1.48. The Morgan fingerprint density at radius 1 is 0.812 bits per heavy atom. The molecule has 4 bridgehead atoms. The van der Waals surface area contributed by atoms with Crippen LogP contribution >= 0.6 is 0 Å². The molecule has 19 nitrogen and oxygen atoms in total. The Kier molecular flexibility index (Phi) is 18.7. The second kappa shape index (κ2) is 25.2. The average molecular weight is 945 g/mol. The predicted molar refractivity (Wildman–Crippen MR) is 260 cm³/mol. The monoisotopic (exact) mass is 945 g/mol. The number of rotatable bonds is 21. The van der Waals surface area contributed by atoms with Crippen molar-refractivity contribution in [3.8, 4) is 33.8 Å². The number of aryl methyl sites for hydroxylation is 1. The highest BCUT2D eigenvalue weighted by Crippen LogP contribution is 2.40. The van der Waals surface area contributed by atoms with E-state index in [4.69, 9.17) is 26.7 Å². The van der Waals surface area contributed by atoms with E-state index in [1.165, 1.54) is 24.4 Å². The van der Waals surface area contributed by atoms with Crippen LogP contribution in [0.25, 0.3) is 22.3 Å². The Hall–Kier alpha value is -7.22. The molecule has 11 N–H and O–H groups in total. The Morgan fingerprint density at radius 2 is 1.48 bits per heavy atom. The second-order valence-corrected chi connectivity index (χ2v) is 16.9. The van der Waals surface area contributed by atoms with Crippen molar-refractivity contribution in [2.75, 3.05) is 39.9 Å². The minimum absolute atomic E-state index is 0.0294. The molecule has 0 spiro atoms. The molecule has 5 aromatic rings. The van der Waals surface area contributed by atoms with E-state index >= 15 is 0 Å². The molecule has 1 aliphatic heterocycles. The lowest BCUT2D eigenvalue weighted by molar-refractivity contribution is -0.141. The summed E-state index contributed by atoms with van der Waals surface area (Å²) in [4.78, 5) is 72.5. The maximum absolute atomic E-state index is 14.9. The Bertz CT molecular complexity index is 2500. The van der Waals surface area contributed by atoms with Crippen LogP contribution in [0.15, 0.2) is 84.9 Å². The molecule has 0 saturated heterocycles. The summed E-state index contributed by atoms with van der Waals surface area (Å²) in [5.74, 6) is -1.91. The van der Waals surface area contributed by atoms with Gasteiger partial charge in [-0.3, -0.25) is 24.0 Å². The van der Waals surface area contributed by atoms with Crippen LogP contribution in [0, 0.1) is 0 Å². The highest BCUT2D eigenvalue weighted by molar-refractivity contribution is 5.99. The van der Waals surface area contributed by atoms with Crippen molar-refractivity contribution in [2.24, 2.45) is 17.2 Å². The third-order valence-electron chi connectivity index (χ3n) is 11.8. The number of amides is 5. The maximum atomic E-state index is 14.9. The van der Waals surface area contributed by atoms with Gasteiger partial charge in [0.15, 0.2) is 5.82 Å². The van der Waals surface area contributed by atoms with E-state index in [2.05, 4.69) is 73.1 Å². The predicted octanol–water partition coefficient (Wildman–Crippen LogP) is 2.84. The van der Waals surface area contributed by atoms with Gasteiger partial charge in [0.1, 0.15) is 48.9 Å². The van der Waals surface area contributed by atoms with E-state index in [0.29, 0.717) is 58.7 Å². The van der Waals surface area contributed by atoms with Gasteiger partial charge < -0.3 is 52.8 Å². The quantitative estimate of drug-likeness (QED) is 0.0492. The first-order chi connectivity index (χ1) is 33.4. The van der Waals surface area contributed by atoms with Crippen LogP contribution in [0.3, 0.4) is 0 Å². The number of nitrogens with one attached hydrogen (secondary N) is 5. The van der Waals surface area contributed by atoms with Gasteiger partial charge in [-0.25, -0.2) is 0 Å². The van der Waals surface area contributed by atoms with E-state index in [-0.39, 0.29) is 51.5 Å². The first-order valence-electron chi connectivity index (χ1n) is 23.4. The van der Waals surface area contributed by atoms with Gasteiger partial charge in [-0.05, 0) is 110 Å². The maximum Gasteiger partial charge on any atom is 0.251 e. The van der Waals surface area contributed by atoms with Gasteiger partial charge in [0.25, 0.3) is 5.91 Å². The molecule has 4 aromatic carbocycles. The number of aromatic nitrogens is 4. The third kappa shape index (κ3) is 13.7. The Balaban J connectivity index is 1.36. The zero-order valence-electron chi connectivity index (χ0n) is 39.5. The number of likely N-dealkylation sites (N-methyl/N-ethyl adjacent to an activating group) is 1. The van der Waals surface area contributed by atoms with Crippen LogP contribution in [-0.2, 0) is 38.6 Å². The van der Waals surface area contributed by atoms with Crippen molar-refractivity contribution >= 4 is 29.5 Å². The van der Waals surface area contributed by atoms with Gasteiger partial charge in [-0.2, -0.15) is 5.21 Å². The smallest absolute Gasteiger partial charge is 0.251 e. The summed E-state index contributed by atoms with van der Waals surface area (Å²) in [6.45, 7) is 4.67. The van der Waals surface area contributed by atoms with Crippen LogP contribution < -0.4 is 47.9 Å². The molecule has 19 heteroatoms. The normalized spacial score (nSPS) is 16.3. The minimum atomic E-state index is -1.36. The van der Waals surface area contributed by atoms with Crippen molar-refractivity contribution < 1.29 is 33.4 Å². The highest BCUT2D eigenvalue weighted by Gasteiger charge is 2.36. The molecular formula is C50H64N12O7. The number of nitrogens with zero attached hydrogens (tertiary/aromatic N) is 4. The van der Waals surface area contributed by atoms with Gasteiger partial charge in [-0.1, -0.05) is 67.1 Å². The first kappa shape index (κ1) is 51.2. The molecule has 4 atom stereocenters. The third-order valence-corrected chi connectivity index (χ3v) is 11.8. The number of aromatic amines is 1. The molecule has 1 aliphatic rings. The molecule has 0 radical (unpaired) electrons. The van der Waals surface area contributed by atoms with Crippen LogP contribution in [0.4, 0.5) is 0 Å². The van der Waals surface area contributed by atoms with E-state index in [1.807, 2.05) is 18.2 Å². The SMILES string of the molecule is CCCCc1ccc(-c2ccc(C(=O)NC(CCCCN)C(=O)N(C)C3C(=O)NC(C)C(=O)NC(C(=O)NCc4nn[nH]n4)Cc4ccc(OCCN)c(c4)-c4cc3ccc4OCCN)cc2)cc1.